The lowest BCUT2D eigenvalue weighted by atomic mass is 10.2. The molecule has 0 aliphatic carbocycles. The molecule has 0 atom stereocenters. The van der Waals surface area contributed by atoms with Crippen molar-refractivity contribution in [1.82, 2.24) is 25.4 Å². The third kappa shape index (κ3) is 6.80. The number of aliphatic imine (C=N–C) groups is 1. The van der Waals surface area contributed by atoms with Gasteiger partial charge in [-0.1, -0.05) is 30.3 Å². The van der Waals surface area contributed by atoms with Crippen LogP contribution in [0.25, 0.3) is 0 Å². The van der Waals surface area contributed by atoms with Crippen molar-refractivity contribution in [2.45, 2.75) is 26.4 Å². The molecule has 31 heavy (non-hydrogen) atoms. The lowest BCUT2D eigenvalue weighted by Crippen LogP contribution is -2.39. The summed E-state index contributed by atoms with van der Waals surface area (Å²) in [5.41, 5.74) is 2.01. The second kappa shape index (κ2) is 11.1. The maximum Gasteiger partial charge on any atom is 0.191 e. The minimum atomic E-state index is -0.256. The molecule has 164 valence electrons. The number of hydrogen-bond donors (Lipinski definition) is 2. The van der Waals surface area contributed by atoms with E-state index >= 15 is 0 Å². The number of aromatic nitrogens is 3. The summed E-state index contributed by atoms with van der Waals surface area (Å²) in [7, 11) is 4.02. The van der Waals surface area contributed by atoms with Crippen molar-refractivity contribution >= 4 is 11.6 Å². The highest BCUT2D eigenvalue weighted by atomic mass is 19.1. The Hall–Kier alpha value is -3.42. The first kappa shape index (κ1) is 22.3. The SMILES string of the molecule is Cc1nnc(CNC(=NCc2cccc(F)c2)NCCCN(C)c2ccccc2)n1C. The number of guanidine groups is 1. The van der Waals surface area contributed by atoms with E-state index in [0.29, 0.717) is 19.0 Å². The van der Waals surface area contributed by atoms with Crippen LogP contribution in [0.2, 0.25) is 0 Å². The van der Waals surface area contributed by atoms with Crippen molar-refractivity contribution in [3.63, 3.8) is 0 Å². The van der Waals surface area contributed by atoms with E-state index in [0.717, 1.165) is 36.7 Å². The lowest BCUT2D eigenvalue weighted by molar-refractivity contribution is 0.625. The summed E-state index contributed by atoms with van der Waals surface area (Å²) in [6.07, 6.45) is 0.940. The standard InChI is InChI=1S/C23H30FN7/c1-18-28-29-22(31(18)3)17-27-23(26-16-19-9-7-10-20(24)15-19)25-13-8-14-30(2)21-11-5-4-6-12-21/h4-7,9-12,15H,8,13-14,16-17H2,1-3H3,(H2,25,26,27). The molecule has 3 rings (SSSR count). The first-order valence-corrected chi connectivity index (χ1v) is 10.4. The highest BCUT2D eigenvalue weighted by molar-refractivity contribution is 5.79. The molecule has 7 nitrogen and oxygen atoms in total. The number of anilines is 1. The van der Waals surface area contributed by atoms with Crippen LogP contribution < -0.4 is 15.5 Å². The van der Waals surface area contributed by atoms with Crippen molar-refractivity contribution in [3.8, 4) is 0 Å². The minimum Gasteiger partial charge on any atom is -0.375 e. The van der Waals surface area contributed by atoms with Gasteiger partial charge < -0.3 is 20.1 Å². The molecule has 2 N–H and O–H groups in total. The monoisotopic (exact) mass is 423 g/mol. The fraction of sp³-hybridized carbons (Fsp3) is 0.348. The molecule has 0 saturated heterocycles. The Morgan fingerprint density at radius 3 is 2.61 bits per heavy atom. The van der Waals surface area contributed by atoms with E-state index in [-0.39, 0.29) is 5.82 Å². The number of halogens is 1. The molecule has 0 unspecified atom stereocenters. The van der Waals surface area contributed by atoms with Crippen LogP contribution >= 0.6 is 0 Å². The number of rotatable bonds is 9. The molecule has 0 fully saturated rings. The van der Waals surface area contributed by atoms with Crippen LogP contribution in [0, 0.1) is 12.7 Å². The highest BCUT2D eigenvalue weighted by Crippen LogP contribution is 2.10. The summed E-state index contributed by atoms with van der Waals surface area (Å²) in [6, 6.07) is 16.8. The number of aryl methyl sites for hydroxylation is 1. The lowest BCUT2D eigenvalue weighted by Gasteiger charge is -2.19. The Morgan fingerprint density at radius 1 is 1.10 bits per heavy atom. The largest absolute Gasteiger partial charge is 0.375 e. The van der Waals surface area contributed by atoms with Gasteiger partial charge in [-0.05, 0) is 43.2 Å². The van der Waals surface area contributed by atoms with Gasteiger partial charge in [0.05, 0.1) is 13.1 Å². The Labute approximate surface area is 183 Å². The van der Waals surface area contributed by atoms with Gasteiger partial charge >= 0.3 is 0 Å². The Balaban J connectivity index is 1.56. The van der Waals surface area contributed by atoms with Gasteiger partial charge in [0.1, 0.15) is 11.6 Å². The highest BCUT2D eigenvalue weighted by Gasteiger charge is 2.07. The number of nitrogens with zero attached hydrogens (tertiary/aromatic N) is 5. The second-order valence-electron chi connectivity index (χ2n) is 7.41. The van der Waals surface area contributed by atoms with Gasteiger partial charge in [-0.2, -0.15) is 0 Å². The van der Waals surface area contributed by atoms with E-state index in [2.05, 4.69) is 49.9 Å². The first-order chi connectivity index (χ1) is 15.0. The zero-order valence-electron chi connectivity index (χ0n) is 18.3. The number of para-hydroxylation sites is 1. The van der Waals surface area contributed by atoms with Crippen LogP contribution in [-0.4, -0.2) is 40.9 Å². The normalized spacial score (nSPS) is 11.4. The third-order valence-corrected chi connectivity index (χ3v) is 5.07. The smallest absolute Gasteiger partial charge is 0.191 e. The predicted octanol–water partition coefficient (Wildman–Crippen LogP) is 3.02. The topological polar surface area (TPSA) is 70.4 Å². The third-order valence-electron chi connectivity index (χ3n) is 5.07. The Morgan fingerprint density at radius 2 is 1.90 bits per heavy atom. The summed E-state index contributed by atoms with van der Waals surface area (Å²) < 4.78 is 15.4. The molecule has 0 amide bonds. The number of nitrogens with one attached hydrogen (secondary N) is 2. The Kier molecular flexibility index (Phi) is 7.98. The fourth-order valence-corrected chi connectivity index (χ4v) is 3.08. The van der Waals surface area contributed by atoms with E-state index in [1.165, 1.54) is 17.8 Å². The molecule has 0 aliphatic rings. The Bertz CT molecular complexity index is 985. The van der Waals surface area contributed by atoms with Gasteiger partial charge in [0, 0.05) is 32.9 Å². The van der Waals surface area contributed by atoms with Gasteiger partial charge in [0.15, 0.2) is 11.8 Å². The van der Waals surface area contributed by atoms with E-state index in [4.69, 9.17) is 0 Å². The summed E-state index contributed by atoms with van der Waals surface area (Å²) in [4.78, 5) is 6.84. The minimum absolute atomic E-state index is 0.256. The van der Waals surface area contributed by atoms with Gasteiger partial charge in [-0.25, -0.2) is 9.38 Å². The molecule has 3 aromatic rings. The van der Waals surface area contributed by atoms with Crippen molar-refractivity contribution in [1.29, 1.82) is 0 Å². The van der Waals surface area contributed by atoms with Crippen molar-refractivity contribution in [3.05, 3.63) is 77.6 Å². The molecule has 0 spiro atoms. The molecular formula is C23H30FN7. The molecule has 8 heteroatoms. The maximum absolute atomic E-state index is 13.5. The van der Waals surface area contributed by atoms with Gasteiger partial charge in [-0.3, -0.25) is 0 Å². The van der Waals surface area contributed by atoms with Crippen LogP contribution in [0.4, 0.5) is 10.1 Å². The van der Waals surface area contributed by atoms with E-state index in [9.17, 15) is 4.39 Å². The quantitative estimate of drug-likeness (QED) is 0.315. The summed E-state index contributed by atoms with van der Waals surface area (Å²) in [5, 5.41) is 14.9. The zero-order valence-corrected chi connectivity index (χ0v) is 18.3. The average Bonchev–Trinajstić information content (AvgIpc) is 3.10. The number of benzene rings is 2. The molecular weight excluding hydrogens is 393 g/mol. The molecule has 0 aliphatic heterocycles. The first-order valence-electron chi connectivity index (χ1n) is 10.4. The maximum atomic E-state index is 13.5. The van der Waals surface area contributed by atoms with Crippen LogP contribution in [0.3, 0.4) is 0 Å². The van der Waals surface area contributed by atoms with Gasteiger partial charge in [-0.15, -0.1) is 10.2 Å². The van der Waals surface area contributed by atoms with Gasteiger partial charge in [0.2, 0.25) is 0 Å². The van der Waals surface area contributed by atoms with Crippen LogP contribution in [0.1, 0.15) is 23.6 Å². The summed E-state index contributed by atoms with van der Waals surface area (Å²) >= 11 is 0. The number of hydrogen-bond acceptors (Lipinski definition) is 4. The van der Waals surface area contributed by atoms with E-state index in [1.807, 2.05) is 42.8 Å². The van der Waals surface area contributed by atoms with E-state index < -0.39 is 0 Å². The predicted molar refractivity (Wildman–Crippen MR) is 122 cm³/mol. The van der Waals surface area contributed by atoms with Crippen LogP contribution in [0.5, 0.6) is 0 Å². The molecule has 0 saturated carbocycles. The summed E-state index contributed by atoms with van der Waals surface area (Å²) in [5.74, 6) is 2.08. The zero-order chi connectivity index (χ0) is 22.1. The van der Waals surface area contributed by atoms with Crippen molar-refractivity contribution in [2.24, 2.45) is 12.0 Å². The molecule has 2 aromatic carbocycles. The van der Waals surface area contributed by atoms with E-state index in [1.54, 1.807) is 6.07 Å². The molecule has 1 aromatic heterocycles. The van der Waals surface area contributed by atoms with Crippen molar-refractivity contribution in [2.75, 3.05) is 25.0 Å². The average molecular weight is 424 g/mol. The van der Waals surface area contributed by atoms with Crippen LogP contribution in [0.15, 0.2) is 59.6 Å². The molecule has 0 radical (unpaired) electrons. The van der Waals surface area contributed by atoms with Crippen LogP contribution in [-0.2, 0) is 20.1 Å². The van der Waals surface area contributed by atoms with Crippen molar-refractivity contribution < 1.29 is 4.39 Å². The molecule has 0 bridgehead atoms. The fourth-order valence-electron chi connectivity index (χ4n) is 3.08. The van der Waals surface area contributed by atoms with Gasteiger partial charge in [0.25, 0.3) is 0 Å². The summed E-state index contributed by atoms with van der Waals surface area (Å²) in [6.45, 7) is 4.46. The second-order valence-corrected chi connectivity index (χ2v) is 7.41. The molecule has 1 heterocycles.